The molecular formula is C49H34N6. The number of hydrogen-bond donors (Lipinski definition) is 0. The molecule has 0 unspecified atom stereocenters. The smallest absolute Gasteiger partial charge is 0.164 e. The summed E-state index contributed by atoms with van der Waals surface area (Å²) < 4.78 is 2.37. The van der Waals surface area contributed by atoms with Gasteiger partial charge in [-0.15, -0.1) is 0 Å². The third kappa shape index (κ3) is 6.19. The van der Waals surface area contributed by atoms with Gasteiger partial charge in [0.15, 0.2) is 17.5 Å². The Morgan fingerprint density at radius 3 is 1.84 bits per heavy atom. The highest BCUT2D eigenvalue weighted by Gasteiger charge is 2.19. The molecule has 0 N–H and O–H groups in total. The molecule has 0 atom stereocenters. The van der Waals surface area contributed by atoms with Crippen LogP contribution in [-0.4, -0.2) is 29.5 Å². The molecule has 0 fully saturated rings. The van der Waals surface area contributed by atoms with Gasteiger partial charge in [-0.05, 0) is 83.6 Å². The molecule has 4 heterocycles. The first kappa shape index (κ1) is 32.3. The van der Waals surface area contributed by atoms with Crippen molar-refractivity contribution in [2.45, 2.75) is 12.8 Å². The summed E-state index contributed by atoms with van der Waals surface area (Å²) in [7, 11) is 0. The number of hydrogen-bond acceptors (Lipinski definition) is 5. The van der Waals surface area contributed by atoms with Crippen LogP contribution in [0.25, 0.3) is 83.9 Å². The maximum Gasteiger partial charge on any atom is 0.164 e. The van der Waals surface area contributed by atoms with E-state index in [2.05, 4.69) is 119 Å². The van der Waals surface area contributed by atoms with E-state index in [4.69, 9.17) is 19.9 Å². The van der Waals surface area contributed by atoms with Gasteiger partial charge in [0.25, 0.3) is 0 Å². The number of allylic oxidation sites excluding steroid dienone is 4. The third-order valence-corrected chi connectivity index (χ3v) is 10.3. The second-order valence-electron chi connectivity index (χ2n) is 13.7. The molecule has 0 bridgehead atoms. The Bertz CT molecular complexity index is 2890. The SMILES string of the molecule is C1=C(c2ccc3c4ccccc4n(-c4ccccc4)c3c2)CCC(c2nc(-c3ccccc3)nc(-c3cccc(-c4ccc(-c5ccccn5)nc4)c3)n2)=C1. The highest BCUT2D eigenvalue weighted by molar-refractivity contribution is 6.10. The lowest BCUT2D eigenvalue weighted by Crippen LogP contribution is -2.04. The summed E-state index contributed by atoms with van der Waals surface area (Å²) in [6, 6.07) is 54.6. The topological polar surface area (TPSA) is 69.4 Å². The summed E-state index contributed by atoms with van der Waals surface area (Å²) in [5.74, 6) is 1.99. The van der Waals surface area contributed by atoms with Crippen LogP contribution in [0.1, 0.15) is 24.2 Å². The molecule has 0 spiro atoms. The molecule has 4 aromatic heterocycles. The summed E-state index contributed by atoms with van der Waals surface area (Å²) >= 11 is 0. The highest BCUT2D eigenvalue weighted by atomic mass is 15.0. The first-order chi connectivity index (χ1) is 27.2. The van der Waals surface area contributed by atoms with Crippen molar-refractivity contribution in [3.05, 3.63) is 194 Å². The maximum absolute atomic E-state index is 5.10. The molecule has 9 aromatic rings. The van der Waals surface area contributed by atoms with Crippen LogP contribution in [0.5, 0.6) is 0 Å². The number of nitrogens with zero attached hydrogens (tertiary/aromatic N) is 6. The molecule has 55 heavy (non-hydrogen) atoms. The quantitative estimate of drug-likeness (QED) is 0.165. The second-order valence-corrected chi connectivity index (χ2v) is 13.7. The standard InChI is InChI=1S/C49H34N6/c1-3-12-34(13-4-1)47-52-48(54-49(53-47)38-15-11-14-36(30-38)39-26-28-44(51-32-39)43-19-9-10-29-50-43)35-23-21-33(22-24-35)37-25-27-42-41-18-7-8-20-45(41)55(46(42)31-37)40-16-5-2-6-17-40/h1-21,23,25-32H,22,24H2. The summed E-state index contributed by atoms with van der Waals surface area (Å²) in [5, 5.41) is 2.51. The maximum atomic E-state index is 5.10. The Morgan fingerprint density at radius 2 is 1.05 bits per heavy atom. The fourth-order valence-corrected chi connectivity index (χ4v) is 7.52. The van der Waals surface area contributed by atoms with E-state index in [0.717, 1.165) is 57.7 Å². The number of aromatic nitrogens is 6. The average Bonchev–Trinajstić information content (AvgIpc) is 3.61. The molecule has 6 heteroatoms. The summed E-state index contributed by atoms with van der Waals surface area (Å²) in [4.78, 5) is 24.3. The van der Waals surface area contributed by atoms with Crippen molar-refractivity contribution in [2.24, 2.45) is 0 Å². The Morgan fingerprint density at radius 1 is 0.400 bits per heavy atom. The van der Waals surface area contributed by atoms with Gasteiger partial charge in [0, 0.05) is 45.5 Å². The second kappa shape index (κ2) is 13.9. The van der Waals surface area contributed by atoms with Gasteiger partial charge in [0.05, 0.1) is 22.4 Å². The van der Waals surface area contributed by atoms with Crippen LogP contribution < -0.4 is 0 Å². The molecule has 1 aliphatic carbocycles. The minimum atomic E-state index is 0.638. The number of pyridine rings is 2. The number of rotatable bonds is 7. The van der Waals surface area contributed by atoms with Crippen molar-refractivity contribution in [1.82, 2.24) is 29.5 Å². The monoisotopic (exact) mass is 706 g/mol. The Labute approximate surface area is 318 Å². The molecule has 0 saturated heterocycles. The van der Waals surface area contributed by atoms with E-state index in [1.165, 1.54) is 32.9 Å². The predicted octanol–water partition coefficient (Wildman–Crippen LogP) is 11.7. The van der Waals surface area contributed by atoms with Gasteiger partial charge in [-0.2, -0.15) is 0 Å². The zero-order chi connectivity index (χ0) is 36.6. The van der Waals surface area contributed by atoms with Crippen molar-refractivity contribution in [3.63, 3.8) is 0 Å². The molecule has 0 amide bonds. The Hall–Kier alpha value is -7.31. The van der Waals surface area contributed by atoms with Gasteiger partial charge in [-0.25, -0.2) is 15.0 Å². The lowest BCUT2D eigenvalue weighted by molar-refractivity contribution is 0.985. The fraction of sp³-hybridized carbons (Fsp3) is 0.0408. The van der Waals surface area contributed by atoms with Crippen LogP contribution in [0.2, 0.25) is 0 Å². The van der Waals surface area contributed by atoms with Crippen LogP contribution in [0, 0.1) is 0 Å². The van der Waals surface area contributed by atoms with Crippen LogP contribution in [0.3, 0.4) is 0 Å². The predicted molar refractivity (Wildman–Crippen MR) is 223 cm³/mol. The molecule has 10 rings (SSSR count). The highest BCUT2D eigenvalue weighted by Crippen LogP contribution is 2.37. The number of para-hydroxylation sites is 2. The average molecular weight is 707 g/mol. The van der Waals surface area contributed by atoms with E-state index in [0.29, 0.717) is 17.5 Å². The van der Waals surface area contributed by atoms with Gasteiger partial charge in [0.1, 0.15) is 0 Å². The van der Waals surface area contributed by atoms with Gasteiger partial charge in [-0.1, -0.05) is 121 Å². The lowest BCUT2D eigenvalue weighted by atomic mass is 9.92. The fourth-order valence-electron chi connectivity index (χ4n) is 7.52. The summed E-state index contributed by atoms with van der Waals surface area (Å²) in [6.45, 7) is 0. The lowest BCUT2D eigenvalue weighted by Gasteiger charge is -2.16. The van der Waals surface area contributed by atoms with Crippen molar-refractivity contribution in [3.8, 4) is 51.0 Å². The van der Waals surface area contributed by atoms with Crippen molar-refractivity contribution >= 4 is 33.0 Å². The Kier molecular flexibility index (Phi) is 8.18. The zero-order valence-electron chi connectivity index (χ0n) is 29.9. The van der Waals surface area contributed by atoms with Gasteiger partial charge >= 0.3 is 0 Å². The molecule has 0 radical (unpaired) electrons. The molecule has 1 aliphatic rings. The Balaban J connectivity index is 1.01. The minimum absolute atomic E-state index is 0.638. The van der Waals surface area contributed by atoms with E-state index >= 15 is 0 Å². The van der Waals surface area contributed by atoms with E-state index in [-0.39, 0.29) is 0 Å². The van der Waals surface area contributed by atoms with Crippen LogP contribution in [0.15, 0.2) is 182 Å². The largest absolute Gasteiger partial charge is 0.309 e. The molecule has 6 nitrogen and oxygen atoms in total. The first-order valence-corrected chi connectivity index (χ1v) is 18.5. The molecule has 260 valence electrons. The molecule has 0 saturated carbocycles. The first-order valence-electron chi connectivity index (χ1n) is 18.5. The van der Waals surface area contributed by atoms with E-state index in [1.54, 1.807) is 6.20 Å². The molecular weight excluding hydrogens is 673 g/mol. The third-order valence-electron chi connectivity index (χ3n) is 10.3. The van der Waals surface area contributed by atoms with Gasteiger partial charge in [-0.3, -0.25) is 9.97 Å². The van der Waals surface area contributed by atoms with Crippen LogP contribution in [0.4, 0.5) is 0 Å². The van der Waals surface area contributed by atoms with Gasteiger partial charge in [0.2, 0.25) is 0 Å². The van der Waals surface area contributed by atoms with E-state index in [9.17, 15) is 0 Å². The van der Waals surface area contributed by atoms with Crippen molar-refractivity contribution in [1.29, 1.82) is 0 Å². The normalized spacial score (nSPS) is 12.8. The van der Waals surface area contributed by atoms with Crippen molar-refractivity contribution in [2.75, 3.05) is 0 Å². The minimum Gasteiger partial charge on any atom is -0.309 e. The van der Waals surface area contributed by atoms with Crippen molar-refractivity contribution < 1.29 is 0 Å². The molecule has 5 aromatic carbocycles. The van der Waals surface area contributed by atoms with E-state index in [1.807, 2.05) is 66.9 Å². The summed E-state index contributed by atoms with van der Waals surface area (Å²) in [5.41, 5.74) is 12.8. The van der Waals surface area contributed by atoms with Gasteiger partial charge < -0.3 is 4.57 Å². The van der Waals surface area contributed by atoms with E-state index < -0.39 is 0 Å². The molecule has 0 aliphatic heterocycles. The van der Waals surface area contributed by atoms with Crippen LogP contribution in [-0.2, 0) is 0 Å². The van der Waals surface area contributed by atoms with Crippen LogP contribution >= 0.6 is 0 Å². The zero-order valence-corrected chi connectivity index (χ0v) is 29.9. The number of benzene rings is 5. The summed E-state index contributed by atoms with van der Waals surface area (Å²) in [6.07, 6.45) is 9.80. The number of fused-ring (bicyclic) bond motifs is 3.